The van der Waals surface area contributed by atoms with Gasteiger partial charge in [-0.15, -0.1) is 0 Å². The highest BCUT2D eigenvalue weighted by Crippen LogP contribution is 2.15. The third-order valence-electron chi connectivity index (χ3n) is 3.78. The molecule has 6 nitrogen and oxygen atoms in total. The van der Waals surface area contributed by atoms with Crippen molar-refractivity contribution in [2.75, 3.05) is 7.11 Å². The Kier molecular flexibility index (Phi) is 7.01. The molecule has 2 N–H and O–H groups in total. The van der Waals surface area contributed by atoms with E-state index in [0.29, 0.717) is 12.8 Å². The zero-order valence-corrected chi connectivity index (χ0v) is 13.9. The second-order valence-electron chi connectivity index (χ2n) is 5.57. The molecule has 1 amide bonds. The number of ether oxygens (including phenoxy) is 1. The van der Waals surface area contributed by atoms with Crippen molar-refractivity contribution in [2.45, 2.75) is 38.5 Å². The average molecular weight is 329 g/mol. The summed E-state index contributed by atoms with van der Waals surface area (Å²) in [7, 11) is 1.39. The number of methoxy groups -OCH3 is 1. The summed E-state index contributed by atoms with van der Waals surface area (Å²) in [5, 5.41) is 5.08. The van der Waals surface area contributed by atoms with Crippen LogP contribution in [0.2, 0.25) is 0 Å². The van der Waals surface area contributed by atoms with Crippen molar-refractivity contribution in [2.24, 2.45) is 5.10 Å². The molecule has 0 atom stereocenters. The lowest BCUT2D eigenvalue weighted by Gasteiger charge is -2.01. The first kappa shape index (κ1) is 17.7. The molecule has 0 aliphatic carbocycles. The first-order valence-corrected chi connectivity index (χ1v) is 8.15. The van der Waals surface area contributed by atoms with E-state index in [1.807, 2.05) is 30.5 Å². The fraction of sp³-hybridized carbons (Fsp3) is 0.389. The molecule has 0 aliphatic heterocycles. The number of fused-ring (bicyclic) bond motifs is 1. The van der Waals surface area contributed by atoms with Crippen molar-refractivity contribution in [3.63, 3.8) is 0 Å². The molecule has 0 spiro atoms. The molecule has 0 aliphatic rings. The molecule has 6 heteroatoms. The van der Waals surface area contributed by atoms with Gasteiger partial charge in [-0.05, 0) is 18.9 Å². The summed E-state index contributed by atoms with van der Waals surface area (Å²) in [5.74, 6) is -0.279. The number of rotatable bonds is 9. The Morgan fingerprint density at radius 3 is 2.71 bits per heavy atom. The number of nitrogens with one attached hydrogen (secondary N) is 2. The maximum Gasteiger partial charge on any atom is 0.305 e. The van der Waals surface area contributed by atoms with Gasteiger partial charge < -0.3 is 9.72 Å². The van der Waals surface area contributed by atoms with Gasteiger partial charge in [0.15, 0.2) is 0 Å². The van der Waals surface area contributed by atoms with E-state index < -0.39 is 0 Å². The topological polar surface area (TPSA) is 83.6 Å². The number of para-hydroxylation sites is 1. The van der Waals surface area contributed by atoms with Crippen LogP contribution in [0.5, 0.6) is 0 Å². The molecular weight excluding hydrogens is 306 g/mol. The molecule has 0 fully saturated rings. The van der Waals surface area contributed by atoms with Gasteiger partial charge >= 0.3 is 5.97 Å². The van der Waals surface area contributed by atoms with E-state index in [9.17, 15) is 9.59 Å². The maximum absolute atomic E-state index is 11.7. The third kappa shape index (κ3) is 5.53. The lowest BCUT2D eigenvalue weighted by atomic mass is 10.1. The van der Waals surface area contributed by atoms with Crippen LogP contribution in [-0.2, 0) is 14.3 Å². The van der Waals surface area contributed by atoms with Crippen molar-refractivity contribution in [1.29, 1.82) is 0 Å². The molecule has 1 heterocycles. The van der Waals surface area contributed by atoms with Crippen LogP contribution in [0.25, 0.3) is 10.9 Å². The number of esters is 1. The molecule has 128 valence electrons. The standard InChI is InChI=1S/C18H23N3O3/c1-24-18(23)11-5-3-2-4-10-17(22)21-20-13-14-12-19-16-9-7-6-8-15(14)16/h6-9,12-13,19H,2-5,10-11H2,1H3,(H,21,22)/b20-13+. The first-order valence-electron chi connectivity index (χ1n) is 8.15. The zero-order valence-electron chi connectivity index (χ0n) is 13.9. The number of hydrazone groups is 1. The summed E-state index contributed by atoms with van der Waals surface area (Å²) in [6.45, 7) is 0. The number of nitrogens with zero attached hydrogens (tertiary/aromatic N) is 1. The van der Waals surface area contributed by atoms with Crippen LogP contribution >= 0.6 is 0 Å². The Hall–Kier alpha value is -2.63. The summed E-state index contributed by atoms with van der Waals surface area (Å²) in [4.78, 5) is 25.8. The molecule has 0 saturated heterocycles. The van der Waals surface area contributed by atoms with Gasteiger partial charge in [-0.3, -0.25) is 9.59 Å². The predicted octanol–water partition coefficient (Wildman–Crippen LogP) is 3.13. The summed E-state index contributed by atoms with van der Waals surface area (Å²) in [5.41, 5.74) is 4.52. The number of carbonyl (C=O) groups is 2. The van der Waals surface area contributed by atoms with Gasteiger partial charge in [-0.2, -0.15) is 5.10 Å². The number of H-pyrrole nitrogens is 1. The summed E-state index contributed by atoms with van der Waals surface area (Å²) in [6.07, 6.45) is 7.80. The number of hydrogen-bond acceptors (Lipinski definition) is 4. The number of unbranched alkanes of at least 4 members (excludes halogenated alkanes) is 3. The second kappa shape index (κ2) is 9.50. The summed E-state index contributed by atoms with van der Waals surface area (Å²) < 4.78 is 4.58. The molecular formula is C18H23N3O3. The number of aromatic amines is 1. The third-order valence-corrected chi connectivity index (χ3v) is 3.78. The van der Waals surface area contributed by atoms with E-state index in [1.165, 1.54) is 7.11 Å². The lowest BCUT2D eigenvalue weighted by molar-refractivity contribution is -0.140. The SMILES string of the molecule is COC(=O)CCCCCCC(=O)N/N=C/c1c[nH]c2ccccc12. The molecule has 0 radical (unpaired) electrons. The van der Waals surface area contributed by atoms with Crippen molar-refractivity contribution in [3.05, 3.63) is 36.0 Å². The monoisotopic (exact) mass is 329 g/mol. The second-order valence-corrected chi connectivity index (χ2v) is 5.57. The molecule has 2 rings (SSSR count). The Labute approximate surface area is 141 Å². The number of aromatic nitrogens is 1. The minimum absolute atomic E-state index is 0.0981. The van der Waals surface area contributed by atoms with Gasteiger partial charge in [0.25, 0.3) is 0 Å². The van der Waals surface area contributed by atoms with E-state index in [2.05, 4.69) is 20.2 Å². The average Bonchev–Trinajstić information content (AvgIpc) is 3.01. The van der Waals surface area contributed by atoms with Crippen LogP contribution in [-0.4, -0.2) is 30.2 Å². The number of carbonyl (C=O) groups excluding carboxylic acids is 2. The van der Waals surface area contributed by atoms with Crippen LogP contribution in [0.4, 0.5) is 0 Å². The summed E-state index contributed by atoms with van der Waals surface area (Å²) >= 11 is 0. The number of benzene rings is 1. The Balaban J connectivity index is 1.63. The smallest absolute Gasteiger partial charge is 0.305 e. The normalized spacial score (nSPS) is 11.0. The maximum atomic E-state index is 11.7. The number of amides is 1. The predicted molar refractivity (Wildman–Crippen MR) is 93.8 cm³/mol. The highest BCUT2D eigenvalue weighted by molar-refractivity contribution is 5.99. The molecule has 0 unspecified atom stereocenters. The van der Waals surface area contributed by atoms with Crippen molar-refractivity contribution >= 4 is 29.0 Å². The van der Waals surface area contributed by atoms with Crippen molar-refractivity contribution in [3.8, 4) is 0 Å². The zero-order chi connectivity index (χ0) is 17.2. The number of hydrogen-bond donors (Lipinski definition) is 2. The highest BCUT2D eigenvalue weighted by atomic mass is 16.5. The fourth-order valence-electron chi connectivity index (χ4n) is 2.44. The Bertz CT molecular complexity index is 706. The van der Waals surface area contributed by atoms with Gasteiger partial charge in [0, 0.05) is 35.5 Å². The quantitative estimate of drug-likeness (QED) is 0.321. The van der Waals surface area contributed by atoms with E-state index in [4.69, 9.17) is 0 Å². The van der Waals surface area contributed by atoms with Crippen LogP contribution in [0.1, 0.15) is 44.1 Å². The minimum Gasteiger partial charge on any atom is -0.469 e. The van der Waals surface area contributed by atoms with Crippen LogP contribution in [0.3, 0.4) is 0 Å². The highest BCUT2D eigenvalue weighted by Gasteiger charge is 2.03. The van der Waals surface area contributed by atoms with Gasteiger partial charge in [-0.25, -0.2) is 5.43 Å². The molecule has 0 saturated carbocycles. The van der Waals surface area contributed by atoms with E-state index in [0.717, 1.165) is 42.1 Å². The Morgan fingerprint density at radius 1 is 1.17 bits per heavy atom. The Morgan fingerprint density at radius 2 is 1.92 bits per heavy atom. The largest absolute Gasteiger partial charge is 0.469 e. The van der Waals surface area contributed by atoms with Gasteiger partial charge in [0.1, 0.15) is 0 Å². The van der Waals surface area contributed by atoms with E-state index in [-0.39, 0.29) is 11.9 Å². The molecule has 24 heavy (non-hydrogen) atoms. The van der Waals surface area contributed by atoms with Crippen LogP contribution < -0.4 is 5.43 Å². The van der Waals surface area contributed by atoms with Crippen LogP contribution in [0, 0.1) is 0 Å². The lowest BCUT2D eigenvalue weighted by Crippen LogP contribution is -2.16. The minimum atomic E-state index is -0.181. The van der Waals surface area contributed by atoms with Gasteiger partial charge in [-0.1, -0.05) is 31.0 Å². The van der Waals surface area contributed by atoms with Crippen LogP contribution in [0.15, 0.2) is 35.6 Å². The summed E-state index contributed by atoms with van der Waals surface area (Å²) in [6, 6.07) is 7.92. The molecule has 1 aromatic heterocycles. The molecule has 2 aromatic rings. The van der Waals surface area contributed by atoms with Gasteiger partial charge in [0.05, 0.1) is 13.3 Å². The van der Waals surface area contributed by atoms with Gasteiger partial charge in [0.2, 0.25) is 5.91 Å². The fourth-order valence-corrected chi connectivity index (χ4v) is 2.44. The van der Waals surface area contributed by atoms with Crippen molar-refractivity contribution in [1.82, 2.24) is 10.4 Å². The molecule has 0 bridgehead atoms. The van der Waals surface area contributed by atoms with E-state index in [1.54, 1.807) is 6.21 Å². The first-order chi connectivity index (χ1) is 11.7. The van der Waals surface area contributed by atoms with Crippen molar-refractivity contribution < 1.29 is 14.3 Å². The van der Waals surface area contributed by atoms with E-state index >= 15 is 0 Å². The molecule has 1 aromatic carbocycles.